The third kappa shape index (κ3) is 2.76. The second-order valence-electron chi connectivity index (χ2n) is 5.25. The van der Waals surface area contributed by atoms with Crippen LogP contribution in [0.5, 0.6) is 0 Å². The van der Waals surface area contributed by atoms with Gasteiger partial charge in [-0.25, -0.2) is 9.18 Å². The fourth-order valence-electron chi connectivity index (χ4n) is 2.58. The molecule has 0 radical (unpaired) electrons. The molecule has 0 saturated carbocycles. The van der Waals surface area contributed by atoms with Gasteiger partial charge in [-0.3, -0.25) is 4.90 Å². The molecule has 5 nitrogen and oxygen atoms in total. The van der Waals surface area contributed by atoms with Gasteiger partial charge in [0, 0.05) is 45.3 Å². The Morgan fingerprint density at radius 3 is 2.50 bits per heavy atom. The quantitative estimate of drug-likeness (QED) is 0.846. The highest BCUT2D eigenvalue weighted by Gasteiger charge is 2.29. The third-order valence-electron chi connectivity index (χ3n) is 3.99. The Morgan fingerprint density at radius 2 is 1.90 bits per heavy atom. The van der Waals surface area contributed by atoms with Crippen molar-refractivity contribution in [1.82, 2.24) is 15.1 Å². The zero-order valence-electron chi connectivity index (χ0n) is 11.3. The smallest absolute Gasteiger partial charge is 0.322 e. The van der Waals surface area contributed by atoms with Crippen LogP contribution in [0.1, 0.15) is 0 Å². The molecule has 108 valence electrons. The highest BCUT2D eigenvalue weighted by Crippen LogP contribution is 2.15. The van der Waals surface area contributed by atoms with E-state index in [9.17, 15) is 9.18 Å². The van der Waals surface area contributed by atoms with Crippen LogP contribution in [-0.4, -0.2) is 61.1 Å². The van der Waals surface area contributed by atoms with E-state index in [4.69, 9.17) is 0 Å². The molecule has 1 aromatic rings. The first-order valence-corrected chi connectivity index (χ1v) is 6.99. The standard InChI is InChI=1S/C14H19FN4O/c15-12-3-1-2-4-13(12)17-14(20)19-7-5-18(6-8-19)11-9-16-10-11/h1-4,11,16H,5-10H2,(H,17,20). The van der Waals surface area contributed by atoms with E-state index in [-0.39, 0.29) is 11.7 Å². The van der Waals surface area contributed by atoms with Crippen molar-refractivity contribution in [1.29, 1.82) is 0 Å². The highest BCUT2D eigenvalue weighted by atomic mass is 19.1. The van der Waals surface area contributed by atoms with E-state index in [1.807, 2.05) is 0 Å². The van der Waals surface area contributed by atoms with Crippen molar-refractivity contribution in [2.75, 3.05) is 44.6 Å². The summed E-state index contributed by atoms with van der Waals surface area (Å²) in [5, 5.41) is 5.89. The van der Waals surface area contributed by atoms with Crippen molar-refractivity contribution < 1.29 is 9.18 Å². The Kier molecular flexibility index (Phi) is 3.84. The van der Waals surface area contributed by atoms with Crippen LogP contribution in [-0.2, 0) is 0 Å². The Balaban J connectivity index is 1.52. The molecule has 2 fully saturated rings. The number of hydrogen-bond acceptors (Lipinski definition) is 3. The average molecular weight is 278 g/mol. The normalized spacial score (nSPS) is 20.6. The number of nitrogens with zero attached hydrogens (tertiary/aromatic N) is 2. The van der Waals surface area contributed by atoms with Gasteiger partial charge in [-0.1, -0.05) is 12.1 Å². The van der Waals surface area contributed by atoms with E-state index in [1.165, 1.54) is 6.07 Å². The molecule has 0 aromatic heterocycles. The number of hydrogen-bond donors (Lipinski definition) is 2. The second-order valence-corrected chi connectivity index (χ2v) is 5.25. The molecule has 1 aromatic carbocycles. The van der Waals surface area contributed by atoms with Gasteiger partial charge in [-0.05, 0) is 12.1 Å². The molecule has 6 heteroatoms. The predicted octanol–water partition coefficient (Wildman–Crippen LogP) is 0.947. The van der Waals surface area contributed by atoms with Crippen molar-refractivity contribution >= 4 is 11.7 Å². The van der Waals surface area contributed by atoms with Gasteiger partial charge < -0.3 is 15.5 Å². The van der Waals surface area contributed by atoms with Crippen LogP contribution in [0.4, 0.5) is 14.9 Å². The molecular formula is C14H19FN4O. The molecule has 0 spiro atoms. The van der Waals surface area contributed by atoms with Gasteiger partial charge in [0.15, 0.2) is 0 Å². The lowest BCUT2D eigenvalue weighted by Crippen LogP contribution is -2.62. The first-order chi connectivity index (χ1) is 9.74. The van der Waals surface area contributed by atoms with Crippen LogP contribution in [0.2, 0.25) is 0 Å². The van der Waals surface area contributed by atoms with Crippen molar-refractivity contribution in [2.24, 2.45) is 0 Å². The van der Waals surface area contributed by atoms with Crippen LogP contribution >= 0.6 is 0 Å². The summed E-state index contributed by atoms with van der Waals surface area (Å²) >= 11 is 0. The van der Waals surface area contributed by atoms with Crippen LogP contribution in [0, 0.1) is 5.82 Å². The average Bonchev–Trinajstić information content (AvgIpc) is 2.40. The van der Waals surface area contributed by atoms with Crippen LogP contribution < -0.4 is 10.6 Å². The van der Waals surface area contributed by atoms with Crippen LogP contribution in [0.25, 0.3) is 0 Å². The number of carbonyl (C=O) groups is 1. The van der Waals surface area contributed by atoms with Crippen molar-refractivity contribution in [3.63, 3.8) is 0 Å². The maximum absolute atomic E-state index is 13.5. The van der Waals surface area contributed by atoms with Crippen molar-refractivity contribution in [3.8, 4) is 0 Å². The lowest BCUT2D eigenvalue weighted by atomic mass is 10.1. The van der Waals surface area contributed by atoms with Gasteiger partial charge in [-0.2, -0.15) is 0 Å². The predicted molar refractivity (Wildman–Crippen MR) is 75.2 cm³/mol. The summed E-state index contributed by atoms with van der Waals surface area (Å²) in [6, 6.07) is 6.63. The maximum Gasteiger partial charge on any atom is 0.322 e. The van der Waals surface area contributed by atoms with E-state index in [0.717, 1.165) is 26.2 Å². The maximum atomic E-state index is 13.5. The number of halogens is 1. The van der Waals surface area contributed by atoms with E-state index in [0.29, 0.717) is 19.1 Å². The summed E-state index contributed by atoms with van der Waals surface area (Å²) in [7, 11) is 0. The van der Waals surface area contributed by atoms with E-state index in [2.05, 4.69) is 15.5 Å². The molecule has 2 N–H and O–H groups in total. The number of urea groups is 1. The summed E-state index contributed by atoms with van der Waals surface area (Å²) < 4.78 is 13.5. The van der Waals surface area contributed by atoms with E-state index >= 15 is 0 Å². The van der Waals surface area contributed by atoms with Gasteiger partial charge in [0.2, 0.25) is 0 Å². The second kappa shape index (κ2) is 5.76. The monoisotopic (exact) mass is 278 g/mol. The first-order valence-electron chi connectivity index (χ1n) is 6.99. The third-order valence-corrected chi connectivity index (χ3v) is 3.99. The van der Waals surface area contributed by atoms with Crippen molar-refractivity contribution in [3.05, 3.63) is 30.1 Å². The zero-order valence-corrected chi connectivity index (χ0v) is 11.3. The van der Waals surface area contributed by atoms with Gasteiger partial charge in [-0.15, -0.1) is 0 Å². The van der Waals surface area contributed by atoms with Crippen molar-refractivity contribution in [2.45, 2.75) is 6.04 Å². The lowest BCUT2D eigenvalue weighted by Gasteiger charge is -2.43. The molecule has 2 aliphatic heterocycles. The molecule has 2 aliphatic rings. The topological polar surface area (TPSA) is 47.6 Å². The lowest BCUT2D eigenvalue weighted by molar-refractivity contribution is 0.0878. The SMILES string of the molecule is O=C(Nc1ccccc1F)N1CCN(C2CNC2)CC1. The Bertz CT molecular complexity index is 484. The Hall–Kier alpha value is -1.66. The van der Waals surface area contributed by atoms with E-state index < -0.39 is 5.82 Å². The number of benzene rings is 1. The molecule has 0 unspecified atom stereocenters. The Morgan fingerprint density at radius 1 is 1.20 bits per heavy atom. The molecular weight excluding hydrogens is 259 g/mol. The molecule has 0 aliphatic carbocycles. The number of anilines is 1. The number of rotatable bonds is 2. The van der Waals surface area contributed by atoms with Gasteiger partial charge in [0.05, 0.1) is 5.69 Å². The first kappa shape index (κ1) is 13.3. The minimum atomic E-state index is -0.403. The molecule has 0 bridgehead atoms. The van der Waals surface area contributed by atoms with Crippen LogP contribution in [0.15, 0.2) is 24.3 Å². The minimum Gasteiger partial charge on any atom is -0.322 e. The number of amides is 2. The summed E-state index contributed by atoms with van der Waals surface area (Å²) in [5.74, 6) is -0.403. The molecule has 20 heavy (non-hydrogen) atoms. The van der Waals surface area contributed by atoms with Gasteiger partial charge in [0.25, 0.3) is 0 Å². The number of para-hydroxylation sites is 1. The molecule has 3 rings (SSSR count). The molecule has 0 atom stereocenters. The van der Waals surface area contributed by atoms with Gasteiger partial charge in [0.1, 0.15) is 5.82 Å². The highest BCUT2D eigenvalue weighted by molar-refractivity contribution is 5.89. The van der Waals surface area contributed by atoms with Gasteiger partial charge >= 0.3 is 6.03 Å². The fraction of sp³-hybridized carbons (Fsp3) is 0.500. The zero-order chi connectivity index (χ0) is 13.9. The minimum absolute atomic E-state index is 0.221. The number of piperazine rings is 1. The molecule has 2 heterocycles. The molecule has 2 amide bonds. The largest absolute Gasteiger partial charge is 0.322 e. The summed E-state index contributed by atoms with van der Waals surface area (Å²) in [6.07, 6.45) is 0. The summed E-state index contributed by atoms with van der Waals surface area (Å²) in [6.45, 7) is 5.24. The Labute approximate surface area is 117 Å². The summed E-state index contributed by atoms with van der Waals surface area (Å²) in [4.78, 5) is 16.2. The fourth-order valence-corrected chi connectivity index (χ4v) is 2.58. The van der Waals surface area contributed by atoms with Crippen LogP contribution in [0.3, 0.4) is 0 Å². The van der Waals surface area contributed by atoms with E-state index in [1.54, 1.807) is 23.1 Å². The number of carbonyl (C=O) groups excluding carboxylic acids is 1. The summed E-state index contributed by atoms with van der Waals surface area (Å²) in [5.41, 5.74) is 0.239. The molecule has 2 saturated heterocycles. The number of nitrogens with one attached hydrogen (secondary N) is 2.